The molecule has 0 aliphatic carbocycles. The third-order valence-corrected chi connectivity index (χ3v) is 4.08. The van der Waals surface area contributed by atoms with Crippen molar-refractivity contribution in [3.8, 4) is 11.8 Å². The fourth-order valence-electron chi connectivity index (χ4n) is 2.04. The summed E-state index contributed by atoms with van der Waals surface area (Å²) >= 11 is 11.8. The van der Waals surface area contributed by atoms with Gasteiger partial charge in [-0.3, -0.25) is 9.69 Å². The van der Waals surface area contributed by atoms with E-state index in [0.29, 0.717) is 40.2 Å². The van der Waals surface area contributed by atoms with Gasteiger partial charge in [0.25, 0.3) is 0 Å². The molecule has 0 aromatic heterocycles. The first-order valence-corrected chi connectivity index (χ1v) is 8.30. The van der Waals surface area contributed by atoms with Crippen molar-refractivity contribution in [1.82, 2.24) is 4.90 Å². The number of halogens is 2. The summed E-state index contributed by atoms with van der Waals surface area (Å²) in [6, 6.07) is 13.9. The van der Waals surface area contributed by atoms with Gasteiger partial charge in [-0.15, -0.1) is 0 Å². The van der Waals surface area contributed by atoms with Gasteiger partial charge in [-0.05, 0) is 49.5 Å². The molecule has 1 N–H and O–H groups in total. The van der Waals surface area contributed by atoms with Crippen molar-refractivity contribution < 1.29 is 9.53 Å². The van der Waals surface area contributed by atoms with Crippen LogP contribution >= 0.6 is 23.2 Å². The number of hydrogen-bond donors (Lipinski definition) is 1. The molecule has 25 heavy (non-hydrogen) atoms. The number of nitrogens with one attached hydrogen (secondary N) is 1. The van der Waals surface area contributed by atoms with Gasteiger partial charge in [-0.1, -0.05) is 23.2 Å². The second-order valence-electron chi connectivity index (χ2n) is 5.40. The molecule has 2 aromatic carbocycles. The number of carbonyl (C=O) groups excluding carboxylic acids is 1. The summed E-state index contributed by atoms with van der Waals surface area (Å²) in [5.74, 6) is 0.534. The molecule has 0 heterocycles. The molecule has 0 saturated carbocycles. The molecular formula is C18H17Cl2N3O2. The van der Waals surface area contributed by atoms with E-state index in [1.165, 1.54) is 0 Å². The van der Waals surface area contributed by atoms with Crippen molar-refractivity contribution >= 4 is 34.8 Å². The van der Waals surface area contributed by atoms with E-state index in [2.05, 4.69) is 11.4 Å². The third kappa shape index (κ3) is 6.28. The van der Waals surface area contributed by atoms with Crippen molar-refractivity contribution in [2.75, 3.05) is 32.1 Å². The lowest BCUT2D eigenvalue weighted by Gasteiger charge is -2.16. The molecule has 1 amide bonds. The summed E-state index contributed by atoms with van der Waals surface area (Å²) in [6.45, 7) is 1.23. The van der Waals surface area contributed by atoms with Crippen LogP contribution in [-0.2, 0) is 4.79 Å². The summed E-state index contributed by atoms with van der Waals surface area (Å²) < 4.78 is 5.59. The maximum Gasteiger partial charge on any atom is 0.238 e. The number of ether oxygens (including phenoxy) is 1. The minimum Gasteiger partial charge on any atom is -0.492 e. The van der Waals surface area contributed by atoms with Gasteiger partial charge in [-0.25, -0.2) is 0 Å². The quantitative estimate of drug-likeness (QED) is 0.796. The van der Waals surface area contributed by atoms with Crippen LogP contribution in [0.1, 0.15) is 5.56 Å². The number of amides is 1. The monoisotopic (exact) mass is 377 g/mol. The molecule has 0 fully saturated rings. The first kappa shape index (κ1) is 19.1. The van der Waals surface area contributed by atoms with E-state index in [0.717, 1.165) is 0 Å². The standard InChI is InChI=1S/C18H17Cl2N3O2/c1-23(8-9-25-15-5-2-13(11-21)3-6-15)12-18(24)22-14-4-7-16(19)17(20)10-14/h2-7,10H,8-9,12H2,1H3,(H,22,24). The lowest BCUT2D eigenvalue weighted by molar-refractivity contribution is -0.117. The Morgan fingerprint density at radius 3 is 2.56 bits per heavy atom. The van der Waals surface area contributed by atoms with Gasteiger partial charge in [0.15, 0.2) is 0 Å². The van der Waals surface area contributed by atoms with Crippen LogP contribution in [0.5, 0.6) is 5.75 Å². The van der Waals surface area contributed by atoms with E-state index in [4.69, 9.17) is 33.2 Å². The summed E-state index contributed by atoms with van der Waals surface area (Å²) in [5.41, 5.74) is 1.19. The zero-order valence-electron chi connectivity index (χ0n) is 13.6. The van der Waals surface area contributed by atoms with Crippen LogP contribution < -0.4 is 10.1 Å². The van der Waals surface area contributed by atoms with E-state index in [9.17, 15) is 4.79 Å². The first-order chi connectivity index (χ1) is 12.0. The van der Waals surface area contributed by atoms with Gasteiger partial charge in [-0.2, -0.15) is 5.26 Å². The minimum atomic E-state index is -0.153. The highest BCUT2D eigenvalue weighted by Gasteiger charge is 2.08. The van der Waals surface area contributed by atoms with E-state index in [1.807, 2.05) is 11.9 Å². The lowest BCUT2D eigenvalue weighted by Crippen LogP contribution is -2.33. The Morgan fingerprint density at radius 2 is 1.92 bits per heavy atom. The SMILES string of the molecule is CN(CCOc1ccc(C#N)cc1)CC(=O)Nc1ccc(Cl)c(Cl)c1. The molecule has 0 atom stereocenters. The number of nitriles is 1. The largest absolute Gasteiger partial charge is 0.492 e. The number of likely N-dealkylation sites (N-methyl/N-ethyl adjacent to an activating group) is 1. The molecule has 0 radical (unpaired) electrons. The number of benzene rings is 2. The van der Waals surface area contributed by atoms with Crippen LogP contribution in [0.25, 0.3) is 0 Å². The summed E-state index contributed by atoms with van der Waals surface area (Å²) in [7, 11) is 1.83. The molecule has 5 nitrogen and oxygen atoms in total. The highest BCUT2D eigenvalue weighted by molar-refractivity contribution is 6.42. The number of nitrogens with zero attached hydrogens (tertiary/aromatic N) is 2. The number of rotatable bonds is 7. The van der Waals surface area contributed by atoms with Crippen LogP contribution in [0.2, 0.25) is 10.0 Å². The van der Waals surface area contributed by atoms with Crippen molar-refractivity contribution in [2.45, 2.75) is 0 Å². The van der Waals surface area contributed by atoms with E-state index >= 15 is 0 Å². The average Bonchev–Trinajstić information content (AvgIpc) is 2.58. The third-order valence-electron chi connectivity index (χ3n) is 3.34. The van der Waals surface area contributed by atoms with Gasteiger partial charge in [0.05, 0.1) is 28.2 Å². The second-order valence-corrected chi connectivity index (χ2v) is 6.21. The van der Waals surface area contributed by atoms with Crippen molar-refractivity contribution in [3.63, 3.8) is 0 Å². The summed E-state index contributed by atoms with van der Waals surface area (Å²) in [4.78, 5) is 13.9. The Morgan fingerprint density at radius 1 is 1.20 bits per heavy atom. The maximum atomic E-state index is 12.0. The Balaban J connectivity index is 1.73. The van der Waals surface area contributed by atoms with Crippen LogP contribution in [0.3, 0.4) is 0 Å². The lowest BCUT2D eigenvalue weighted by atomic mass is 10.2. The van der Waals surface area contributed by atoms with E-state index in [1.54, 1.807) is 42.5 Å². The molecular weight excluding hydrogens is 361 g/mol. The Hall–Kier alpha value is -2.26. The molecule has 2 rings (SSSR count). The highest BCUT2D eigenvalue weighted by atomic mass is 35.5. The van der Waals surface area contributed by atoms with E-state index in [-0.39, 0.29) is 12.5 Å². The van der Waals surface area contributed by atoms with Crippen LogP contribution in [0.15, 0.2) is 42.5 Å². The summed E-state index contributed by atoms with van der Waals surface area (Å²) in [6.07, 6.45) is 0. The molecule has 0 bridgehead atoms. The normalized spacial score (nSPS) is 10.4. The van der Waals surface area contributed by atoms with Crippen molar-refractivity contribution in [3.05, 3.63) is 58.1 Å². The van der Waals surface area contributed by atoms with Gasteiger partial charge in [0, 0.05) is 12.2 Å². The fraction of sp³-hybridized carbons (Fsp3) is 0.222. The Labute approximate surface area is 156 Å². The molecule has 0 aliphatic rings. The molecule has 0 unspecified atom stereocenters. The van der Waals surface area contributed by atoms with Crippen LogP contribution in [-0.4, -0.2) is 37.6 Å². The number of anilines is 1. The molecule has 130 valence electrons. The zero-order chi connectivity index (χ0) is 18.2. The first-order valence-electron chi connectivity index (χ1n) is 7.54. The Kier molecular flexibility index (Phi) is 7.08. The smallest absolute Gasteiger partial charge is 0.238 e. The molecule has 0 aliphatic heterocycles. The highest BCUT2D eigenvalue weighted by Crippen LogP contribution is 2.24. The molecule has 0 spiro atoms. The van der Waals surface area contributed by atoms with Crippen molar-refractivity contribution in [1.29, 1.82) is 5.26 Å². The molecule has 0 saturated heterocycles. The number of hydrogen-bond acceptors (Lipinski definition) is 4. The van der Waals surface area contributed by atoms with E-state index < -0.39 is 0 Å². The maximum absolute atomic E-state index is 12.0. The zero-order valence-corrected chi connectivity index (χ0v) is 15.1. The predicted octanol–water partition coefficient (Wildman–Crippen LogP) is 3.81. The number of carbonyl (C=O) groups is 1. The topological polar surface area (TPSA) is 65.4 Å². The van der Waals surface area contributed by atoms with Gasteiger partial charge >= 0.3 is 0 Å². The van der Waals surface area contributed by atoms with Gasteiger partial charge < -0.3 is 10.1 Å². The second kappa shape index (κ2) is 9.28. The Bertz CT molecular complexity index is 773. The predicted molar refractivity (Wildman–Crippen MR) is 99.2 cm³/mol. The van der Waals surface area contributed by atoms with Crippen LogP contribution in [0.4, 0.5) is 5.69 Å². The van der Waals surface area contributed by atoms with Gasteiger partial charge in [0.1, 0.15) is 12.4 Å². The van der Waals surface area contributed by atoms with Gasteiger partial charge in [0.2, 0.25) is 5.91 Å². The van der Waals surface area contributed by atoms with Crippen molar-refractivity contribution in [2.24, 2.45) is 0 Å². The minimum absolute atomic E-state index is 0.153. The molecule has 2 aromatic rings. The fourth-order valence-corrected chi connectivity index (χ4v) is 2.34. The average molecular weight is 378 g/mol. The molecule has 7 heteroatoms. The van der Waals surface area contributed by atoms with Crippen LogP contribution in [0, 0.1) is 11.3 Å². The summed E-state index contributed by atoms with van der Waals surface area (Å²) in [5, 5.41) is 12.3.